The zero-order valence-electron chi connectivity index (χ0n) is 13.2. The molecule has 0 unspecified atom stereocenters. The van der Waals surface area contributed by atoms with Crippen molar-refractivity contribution < 1.29 is 9.59 Å². The highest BCUT2D eigenvalue weighted by atomic mass is 32.1. The van der Waals surface area contributed by atoms with E-state index in [1.54, 1.807) is 60.7 Å². The standard InChI is InChI=1S/C20H14N2O2S/c1-2-14-7-5-8-15(13-14)21-19(23)16-9-3-4-10-17(16)22-20(24)18-11-6-12-25-18/h1,3-13H,(H,21,23)(H,22,24). The number of nitrogens with one attached hydrogen (secondary N) is 2. The Morgan fingerprint density at radius 2 is 1.76 bits per heavy atom. The third-order valence-corrected chi connectivity index (χ3v) is 4.32. The van der Waals surface area contributed by atoms with Crippen molar-refractivity contribution in [2.45, 2.75) is 0 Å². The molecule has 4 nitrogen and oxygen atoms in total. The van der Waals surface area contributed by atoms with E-state index in [2.05, 4.69) is 16.6 Å². The number of thiophene rings is 1. The van der Waals surface area contributed by atoms with Crippen molar-refractivity contribution in [3.8, 4) is 12.3 Å². The summed E-state index contributed by atoms with van der Waals surface area (Å²) in [4.78, 5) is 25.4. The first-order chi connectivity index (χ1) is 12.2. The van der Waals surface area contributed by atoms with Crippen LogP contribution < -0.4 is 10.6 Å². The average molecular weight is 346 g/mol. The van der Waals surface area contributed by atoms with Crippen molar-refractivity contribution in [2.24, 2.45) is 0 Å². The first kappa shape index (κ1) is 16.5. The molecular formula is C20H14N2O2S. The predicted molar refractivity (Wildman–Crippen MR) is 101 cm³/mol. The quantitative estimate of drug-likeness (QED) is 0.695. The van der Waals surface area contributed by atoms with E-state index >= 15 is 0 Å². The molecule has 0 fully saturated rings. The number of anilines is 2. The summed E-state index contributed by atoms with van der Waals surface area (Å²) in [5, 5.41) is 7.40. The highest BCUT2D eigenvalue weighted by Crippen LogP contribution is 2.20. The molecule has 0 saturated heterocycles. The molecule has 2 amide bonds. The van der Waals surface area contributed by atoms with Gasteiger partial charge >= 0.3 is 0 Å². The van der Waals surface area contributed by atoms with Gasteiger partial charge in [-0.05, 0) is 41.8 Å². The Morgan fingerprint density at radius 1 is 0.920 bits per heavy atom. The SMILES string of the molecule is C#Cc1cccc(NC(=O)c2ccccc2NC(=O)c2cccs2)c1. The first-order valence-corrected chi connectivity index (χ1v) is 8.37. The van der Waals surface area contributed by atoms with E-state index in [0.717, 1.165) is 0 Å². The summed E-state index contributed by atoms with van der Waals surface area (Å²) in [6.07, 6.45) is 5.38. The zero-order chi connectivity index (χ0) is 17.6. The van der Waals surface area contributed by atoms with Crippen molar-refractivity contribution >= 4 is 34.5 Å². The van der Waals surface area contributed by atoms with E-state index in [1.165, 1.54) is 11.3 Å². The van der Waals surface area contributed by atoms with E-state index in [9.17, 15) is 9.59 Å². The molecule has 0 aliphatic rings. The Hall–Kier alpha value is -3.36. The van der Waals surface area contributed by atoms with Crippen LogP contribution in [0.15, 0.2) is 66.0 Å². The summed E-state index contributed by atoms with van der Waals surface area (Å²) in [6, 6.07) is 17.4. The maximum absolute atomic E-state index is 12.6. The molecule has 25 heavy (non-hydrogen) atoms. The van der Waals surface area contributed by atoms with Gasteiger partial charge in [-0.15, -0.1) is 17.8 Å². The molecule has 122 valence electrons. The smallest absolute Gasteiger partial charge is 0.265 e. The Labute approximate surface area is 149 Å². The van der Waals surface area contributed by atoms with Crippen molar-refractivity contribution in [1.82, 2.24) is 0 Å². The molecule has 3 rings (SSSR count). The van der Waals surface area contributed by atoms with Gasteiger partial charge in [0, 0.05) is 11.3 Å². The van der Waals surface area contributed by atoms with Crippen molar-refractivity contribution in [3.05, 3.63) is 82.0 Å². The fourth-order valence-corrected chi connectivity index (χ4v) is 2.89. The van der Waals surface area contributed by atoms with E-state index in [-0.39, 0.29) is 11.8 Å². The van der Waals surface area contributed by atoms with Gasteiger partial charge in [-0.25, -0.2) is 0 Å². The van der Waals surface area contributed by atoms with Crippen LogP contribution in [0.25, 0.3) is 0 Å². The molecule has 2 aromatic carbocycles. The van der Waals surface area contributed by atoms with Crippen LogP contribution in [0.3, 0.4) is 0 Å². The van der Waals surface area contributed by atoms with E-state index in [1.807, 2.05) is 5.38 Å². The second-order valence-corrected chi connectivity index (χ2v) is 6.10. The second-order valence-electron chi connectivity index (χ2n) is 5.16. The van der Waals surface area contributed by atoms with E-state index in [4.69, 9.17) is 6.42 Å². The van der Waals surface area contributed by atoms with Crippen LogP contribution in [0.1, 0.15) is 25.6 Å². The van der Waals surface area contributed by atoms with Crippen molar-refractivity contribution in [2.75, 3.05) is 10.6 Å². The molecule has 3 aromatic rings. The van der Waals surface area contributed by atoms with Gasteiger partial charge in [0.2, 0.25) is 0 Å². The highest BCUT2D eigenvalue weighted by molar-refractivity contribution is 7.12. The van der Waals surface area contributed by atoms with Gasteiger partial charge in [-0.3, -0.25) is 9.59 Å². The van der Waals surface area contributed by atoms with Gasteiger partial charge in [0.1, 0.15) is 0 Å². The molecule has 5 heteroatoms. The fraction of sp³-hybridized carbons (Fsp3) is 0. The Kier molecular flexibility index (Phi) is 4.93. The highest BCUT2D eigenvalue weighted by Gasteiger charge is 2.14. The lowest BCUT2D eigenvalue weighted by atomic mass is 10.1. The van der Waals surface area contributed by atoms with Gasteiger partial charge in [-0.2, -0.15) is 0 Å². The van der Waals surface area contributed by atoms with Crippen LogP contribution in [0.4, 0.5) is 11.4 Å². The molecule has 0 aliphatic carbocycles. The first-order valence-electron chi connectivity index (χ1n) is 7.49. The van der Waals surface area contributed by atoms with Gasteiger partial charge < -0.3 is 10.6 Å². The number of hydrogen-bond donors (Lipinski definition) is 2. The Balaban J connectivity index is 1.81. The minimum Gasteiger partial charge on any atom is -0.322 e. The molecule has 0 radical (unpaired) electrons. The molecule has 1 aromatic heterocycles. The van der Waals surface area contributed by atoms with Crippen LogP contribution in [0.2, 0.25) is 0 Å². The topological polar surface area (TPSA) is 58.2 Å². The third kappa shape index (κ3) is 3.94. The predicted octanol–water partition coefficient (Wildman–Crippen LogP) is 4.23. The molecular weight excluding hydrogens is 332 g/mol. The number of rotatable bonds is 4. The summed E-state index contributed by atoms with van der Waals surface area (Å²) in [6.45, 7) is 0. The second kappa shape index (κ2) is 7.47. The maximum atomic E-state index is 12.6. The van der Waals surface area contributed by atoms with Crippen LogP contribution in [-0.4, -0.2) is 11.8 Å². The van der Waals surface area contributed by atoms with Gasteiger partial charge in [-0.1, -0.05) is 30.2 Å². The molecule has 0 spiro atoms. The van der Waals surface area contributed by atoms with Crippen molar-refractivity contribution in [1.29, 1.82) is 0 Å². The molecule has 0 atom stereocenters. The molecule has 1 heterocycles. The molecule has 0 bridgehead atoms. The molecule has 0 saturated carbocycles. The van der Waals surface area contributed by atoms with Crippen LogP contribution in [-0.2, 0) is 0 Å². The maximum Gasteiger partial charge on any atom is 0.265 e. The molecule has 0 aliphatic heterocycles. The average Bonchev–Trinajstić information content (AvgIpc) is 3.17. The summed E-state index contributed by atoms with van der Waals surface area (Å²) < 4.78 is 0. The minimum absolute atomic E-state index is 0.246. The summed E-state index contributed by atoms with van der Waals surface area (Å²) in [5.74, 6) is 1.96. The number of terminal acetylenes is 1. The van der Waals surface area contributed by atoms with E-state index < -0.39 is 0 Å². The number of benzene rings is 2. The minimum atomic E-state index is -0.323. The Morgan fingerprint density at radius 3 is 2.52 bits per heavy atom. The fourth-order valence-electron chi connectivity index (χ4n) is 2.27. The lowest BCUT2D eigenvalue weighted by Gasteiger charge is -2.11. The number of amides is 2. The van der Waals surface area contributed by atoms with Gasteiger partial charge in [0.25, 0.3) is 11.8 Å². The van der Waals surface area contributed by atoms with Crippen LogP contribution in [0.5, 0.6) is 0 Å². The summed E-state index contributed by atoms with van der Waals surface area (Å²) in [7, 11) is 0. The van der Waals surface area contributed by atoms with E-state index in [0.29, 0.717) is 27.4 Å². The monoisotopic (exact) mass is 346 g/mol. The lowest BCUT2D eigenvalue weighted by molar-refractivity contribution is 0.102. The normalized spacial score (nSPS) is 9.88. The third-order valence-electron chi connectivity index (χ3n) is 3.45. The van der Waals surface area contributed by atoms with Crippen molar-refractivity contribution in [3.63, 3.8) is 0 Å². The number of carbonyl (C=O) groups is 2. The number of carbonyl (C=O) groups excluding carboxylic acids is 2. The van der Waals surface area contributed by atoms with Gasteiger partial charge in [0.15, 0.2) is 0 Å². The lowest BCUT2D eigenvalue weighted by Crippen LogP contribution is -2.17. The Bertz CT molecular complexity index is 956. The number of hydrogen-bond acceptors (Lipinski definition) is 3. The van der Waals surface area contributed by atoms with Crippen LogP contribution >= 0.6 is 11.3 Å². The summed E-state index contributed by atoms with van der Waals surface area (Å²) >= 11 is 1.34. The van der Waals surface area contributed by atoms with Crippen LogP contribution in [0, 0.1) is 12.3 Å². The summed E-state index contributed by atoms with van der Waals surface area (Å²) in [5.41, 5.74) is 2.10. The number of para-hydroxylation sites is 1. The van der Waals surface area contributed by atoms with Gasteiger partial charge in [0.05, 0.1) is 16.1 Å². The zero-order valence-corrected chi connectivity index (χ0v) is 14.0. The molecule has 2 N–H and O–H groups in total. The largest absolute Gasteiger partial charge is 0.322 e.